The largest absolute Gasteiger partial charge is 0.249 e. The van der Waals surface area contributed by atoms with E-state index in [1.165, 1.54) is 0 Å². The molecule has 0 saturated heterocycles. The predicted octanol–water partition coefficient (Wildman–Crippen LogP) is 10.7. The Balaban J connectivity index is -0.0000000283. The Morgan fingerprint density at radius 2 is 1.00 bits per heavy atom. The van der Waals surface area contributed by atoms with Gasteiger partial charge in [0.25, 0.3) is 0 Å². The first kappa shape index (κ1) is 63.7. The number of nitriles is 5. The van der Waals surface area contributed by atoms with Crippen molar-refractivity contribution < 1.29 is 4.39 Å². The van der Waals surface area contributed by atoms with Gasteiger partial charge in [0.15, 0.2) is 0 Å². The average molecular weight is 500 g/mol. The smallest absolute Gasteiger partial charge is 0.140 e. The van der Waals surface area contributed by atoms with E-state index in [0.29, 0.717) is 12.8 Å². The van der Waals surface area contributed by atoms with Gasteiger partial charge in [0.05, 0.1) is 41.2 Å². The van der Waals surface area contributed by atoms with E-state index >= 15 is 0 Å². The molecule has 0 rings (SSSR count). The third kappa shape index (κ3) is 42.1. The molecule has 0 aromatic heterocycles. The van der Waals surface area contributed by atoms with E-state index in [0.717, 1.165) is 12.8 Å². The van der Waals surface area contributed by atoms with Crippen LogP contribution in [0.4, 0.5) is 4.39 Å². The molecule has 0 saturated carbocycles. The van der Waals surface area contributed by atoms with Gasteiger partial charge >= 0.3 is 0 Å². The van der Waals surface area contributed by atoms with Crippen molar-refractivity contribution in [1.29, 1.82) is 26.3 Å². The van der Waals surface area contributed by atoms with E-state index in [4.69, 9.17) is 26.3 Å². The Hall–Kier alpha value is -2.62. The summed E-state index contributed by atoms with van der Waals surface area (Å²) in [6.07, 6.45) is 3.08. The second-order valence-corrected chi connectivity index (χ2v) is 7.86. The molecule has 5 nitrogen and oxygen atoms in total. The van der Waals surface area contributed by atoms with Crippen LogP contribution in [0.15, 0.2) is 0 Å². The molecule has 210 valence electrons. The van der Waals surface area contributed by atoms with Crippen molar-refractivity contribution in [2.24, 2.45) is 22.2 Å². The summed E-state index contributed by atoms with van der Waals surface area (Å²) in [6.45, 7) is 16.2. The molecular weight excluding hydrogens is 437 g/mol. The van der Waals surface area contributed by atoms with Crippen LogP contribution in [0, 0.1) is 78.8 Å². The molecule has 6 heteroatoms. The van der Waals surface area contributed by atoms with E-state index in [2.05, 4.69) is 12.1 Å². The van der Waals surface area contributed by atoms with Gasteiger partial charge in [-0.15, -0.1) is 0 Å². The van der Waals surface area contributed by atoms with Crippen LogP contribution in [-0.4, -0.2) is 6.67 Å². The van der Waals surface area contributed by atoms with Crippen LogP contribution in [0.3, 0.4) is 0 Å². The summed E-state index contributed by atoms with van der Waals surface area (Å²) < 4.78 is 11.8. The fourth-order valence-electron chi connectivity index (χ4n) is 0.557. The maximum absolute atomic E-state index is 11.8. The van der Waals surface area contributed by atoms with Crippen LogP contribution in [0.5, 0.6) is 0 Å². The lowest BCUT2D eigenvalue weighted by Gasteiger charge is -2.11. The maximum Gasteiger partial charge on any atom is 0.140 e. The first-order valence-corrected chi connectivity index (χ1v) is 9.90. The van der Waals surface area contributed by atoms with Crippen molar-refractivity contribution in [2.45, 2.75) is 133 Å². The molecule has 2 unspecified atom stereocenters. The molecule has 0 heterocycles. The average Bonchev–Trinajstić information content (AvgIpc) is 2.78. The molecule has 0 aliphatic heterocycles. The number of hydrogen-bond donors (Lipinski definition) is 0. The van der Waals surface area contributed by atoms with Crippen LogP contribution >= 0.6 is 0 Å². The minimum atomic E-state index is -0.764. The highest BCUT2D eigenvalue weighted by atomic mass is 19.1. The molecule has 35 heavy (non-hydrogen) atoms. The highest BCUT2D eigenvalue weighted by Crippen LogP contribution is 2.19. The Kier molecular flexibility index (Phi) is 65.4. The van der Waals surface area contributed by atoms with Crippen molar-refractivity contribution in [3.63, 3.8) is 0 Å². The second kappa shape index (κ2) is 36.0. The summed E-state index contributed by atoms with van der Waals surface area (Å²) in [6, 6.07) is 10.0. The molecule has 0 radical (unpaired) electrons. The zero-order valence-corrected chi connectivity index (χ0v) is 19.7. The molecule has 0 fully saturated rings. The second-order valence-electron chi connectivity index (χ2n) is 7.86. The Morgan fingerprint density at radius 3 is 1.00 bits per heavy atom. The van der Waals surface area contributed by atoms with Crippen LogP contribution in [-0.2, 0) is 0 Å². The van der Waals surface area contributed by atoms with E-state index in [1.54, 1.807) is 13.8 Å². The number of alkyl halides is 1. The van der Waals surface area contributed by atoms with Gasteiger partial charge in [0.2, 0.25) is 0 Å². The minimum Gasteiger partial charge on any atom is -0.249 e. The molecule has 0 aliphatic carbocycles. The number of nitrogens with zero attached hydrogens (tertiary/aromatic N) is 5. The summed E-state index contributed by atoms with van der Waals surface area (Å²) >= 11 is 0. The standard InChI is InChI=1S/C6H10FN.C6H8N2.C6H11N.C5H9N.6CH4/c2*1-3-6(2,4-7)5-8;1-4-6(2,3)5-7;1-3-5(2)4-6;;;;;;/h3-4H2,1-2H3;3H2,1-2H3;4H2,1-3H3;5H,3H2,1-2H3;6*1H4. The zero-order chi connectivity index (χ0) is 24.1. The van der Waals surface area contributed by atoms with Crippen molar-refractivity contribution in [1.82, 2.24) is 0 Å². The van der Waals surface area contributed by atoms with Gasteiger partial charge in [-0.1, -0.05) is 72.3 Å². The fraction of sp³-hybridized carbons (Fsp3) is 0.828. The van der Waals surface area contributed by atoms with Gasteiger partial charge in [0.1, 0.15) is 12.1 Å². The summed E-state index contributed by atoms with van der Waals surface area (Å²) in [5, 5.41) is 41.3. The normalized spacial score (nSPS) is 10.3. The van der Waals surface area contributed by atoms with E-state index in [-0.39, 0.29) is 55.9 Å². The maximum atomic E-state index is 11.8. The SMILES string of the molecule is C.C.C.C.C.C.CCC(C)(C#N)C#N.CCC(C)(C#N)CF.CCC(C)(C)C#N.CCC(C)C#N. The summed E-state index contributed by atoms with van der Waals surface area (Å²) in [5.74, 6) is 0.241. The van der Waals surface area contributed by atoms with Gasteiger partial charge in [-0.3, -0.25) is 0 Å². The van der Waals surface area contributed by atoms with Crippen LogP contribution in [0.25, 0.3) is 0 Å². The molecule has 0 aromatic rings. The monoisotopic (exact) mass is 499 g/mol. The topological polar surface area (TPSA) is 119 Å². The van der Waals surface area contributed by atoms with Crippen molar-refractivity contribution >= 4 is 0 Å². The Bertz CT molecular complexity index is 604. The molecule has 2 atom stereocenters. The predicted molar refractivity (Wildman–Crippen MR) is 155 cm³/mol. The van der Waals surface area contributed by atoms with E-state index in [1.807, 2.05) is 66.7 Å². The highest BCUT2D eigenvalue weighted by molar-refractivity contribution is 5.09. The van der Waals surface area contributed by atoms with Crippen LogP contribution in [0.1, 0.15) is 133 Å². The fourth-order valence-corrected chi connectivity index (χ4v) is 0.557. The number of hydrogen-bond acceptors (Lipinski definition) is 5. The van der Waals surface area contributed by atoms with Gasteiger partial charge in [-0.2, -0.15) is 26.3 Å². The van der Waals surface area contributed by atoms with Crippen molar-refractivity contribution in [2.75, 3.05) is 6.67 Å². The molecule has 0 amide bonds. The first-order chi connectivity index (χ1) is 13.3. The molecule has 0 spiro atoms. The third-order valence-electron chi connectivity index (χ3n) is 4.57. The van der Waals surface area contributed by atoms with Gasteiger partial charge < -0.3 is 0 Å². The number of halogens is 1. The van der Waals surface area contributed by atoms with Crippen LogP contribution in [0.2, 0.25) is 0 Å². The lowest BCUT2D eigenvalue weighted by Crippen LogP contribution is -2.13. The van der Waals surface area contributed by atoms with Gasteiger partial charge in [-0.25, -0.2) is 4.39 Å². The van der Waals surface area contributed by atoms with E-state index < -0.39 is 17.5 Å². The third-order valence-corrected chi connectivity index (χ3v) is 4.57. The van der Waals surface area contributed by atoms with Crippen molar-refractivity contribution in [3.05, 3.63) is 0 Å². The summed E-state index contributed by atoms with van der Waals surface area (Å²) in [4.78, 5) is 0. The minimum absolute atomic E-state index is 0. The molecule has 0 bridgehead atoms. The van der Waals surface area contributed by atoms with Gasteiger partial charge in [-0.05, 0) is 60.3 Å². The Morgan fingerprint density at radius 1 is 0.629 bits per heavy atom. The lowest BCUT2D eigenvalue weighted by atomic mass is 9.92. The van der Waals surface area contributed by atoms with Crippen LogP contribution < -0.4 is 0 Å². The number of rotatable bonds is 5. The molecule has 0 aromatic carbocycles. The Labute approximate surface area is 222 Å². The lowest BCUT2D eigenvalue weighted by molar-refractivity contribution is 0.297. The zero-order valence-electron chi connectivity index (χ0n) is 19.7. The summed E-state index contributed by atoms with van der Waals surface area (Å²) in [5.41, 5.74) is -1.61. The molecule has 0 N–H and O–H groups in total. The van der Waals surface area contributed by atoms with Gasteiger partial charge in [0, 0.05) is 5.92 Å². The van der Waals surface area contributed by atoms with E-state index in [9.17, 15) is 4.39 Å². The van der Waals surface area contributed by atoms with Crippen molar-refractivity contribution in [3.8, 4) is 30.3 Å². The summed E-state index contributed by atoms with van der Waals surface area (Å²) in [7, 11) is 0. The molecular formula is C29H62FN5. The first-order valence-electron chi connectivity index (χ1n) is 9.90. The quantitative estimate of drug-likeness (QED) is 0.372. The molecule has 0 aliphatic rings. The highest BCUT2D eigenvalue weighted by Gasteiger charge is 2.20.